The molecule has 0 rings (SSSR count). The third kappa shape index (κ3) is 8.75. The van der Waals surface area contributed by atoms with Gasteiger partial charge < -0.3 is 5.73 Å². The largest absolute Gasteiger partial charge is 0.370 e. The SMILES string of the molecule is C=CCN.CCCCCC(F)(F)S(=O)(=O)O. The molecule has 4 nitrogen and oxygen atoms in total. The van der Waals surface area contributed by atoms with Crippen LogP contribution in [0.25, 0.3) is 0 Å². The number of hydrogen-bond donors (Lipinski definition) is 2. The maximum Gasteiger partial charge on any atom is 0.370 e. The zero-order chi connectivity index (χ0) is 13.2. The normalized spacial score (nSPS) is 11.6. The van der Waals surface area contributed by atoms with E-state index < -0.39 is 21.8 Å². The molecule has 0 aromatic rings. The molecule has 0 atom stereocenters. The zero-order valence-corrected chi connectivity index (χ0v) is 10.1. The Morgan fingerprint density at radius 1 is 1.44 bits per heavy atom. The summed E-state index contributed by atoms with van der Waals surface area (Å²) in [7, 11) is -5.22. The quantitative estimate of drug-likeness (QED) is 0.435. The lowest BCUT2D eigenvalue weighted by Gasteiger charge is -2.11. The van der Waals surface area contributed by atoms with Gasteiger partial charge in [-0.1, -0.05) is 25.8 Å². The summed E-state index contributed by atoms with van der Waals surface area (Å²) in [4.78, 5) is 0. The van der Waals surface area contributed by atoms with Crippen LogP contribution < -0.4 is 5.73 Å². The Hall–Kier alpha value is -0.530. The summed E-state index contributed by atoms with van der Waals surface area (Å²) < 4.78 is 53.0. The van der Waals surface area contributed by atoms with Crippen molar-refractivity contribution in [1.82, 2.24) is 0 Å². The average Bonchev–Trinajstić information content (AvgIpc) is 2.17. The molecule has 0 saturated heterocycles. The number of hydrogen-bond acceptors (Lipinski definition) is 3. The first-order valence-electron chi connectivity index (χ1n) is 4.88. The van der Waals surface area contributed by atoms with Crippen molar-refractivity contribution >= 4 is 10.1 Å². The second kappa shape index (κ2) is 8.60. The van der Waals surface area contributed by atoms with Crippen LogP contribution in [0.4, 0.5) is 8.78 Å². The van der Waals surface area contributed by atoms with Crippen LogP contribution in [0.15, 0.2) is 12.7 Å². The van der Waals surface area contributed by atoms with Gasteiger partial charge >= 0.3 is 15.4 Å². The fourth-order valence-corrected chi connectivity index (χ4v) is 1.11. The van der Waals surface area contributed by atoms with E-state index in [1.807, 2.05) is 6.92 Å². The molecule has 0 amide bonds. The van der Waals surface area contributed by atoms with Crippen molar-refractivity contribution in [2.75, 3.05) is 6.54 Å². The van der Waals surface area contributed by atoms with Crippen LogP contribution in [0.5, 0.6) is 0 Å². The van der Waals surface area contributed by atoms with E-state index >= 15 is 0 Å². The van der Waals surface area contributed by atoms with Gasteiger partial charge in [0.15, 0.2) is 0 Å². The lowest BCUT2D eigenvalue weighted by molar-refractivity contribution is 0.0685. The molecule has 0 saturated carbocycles. The van der Waals surface area contributed by atoms with E-state index in [1.54, 1.807) is 6.08 Å². The van der Waals surface area contributed by atoms with Gasteiger partial charge in [-0.25, -0.2) is 0 Å². The van der Waals surface area contributed by atoms with Crippen molar-refractivity contribution in [3.63, 3.8) is 0 Å². The minimum atomic E-state index is -5.22. The van der Waals surface area contributed by atoms with Gasteiger partial charge in [0.25, 0.3) is 0 Å². The van der Waals surface area contributed by atoms with Crippen LogP contribution in [0.1, 0.15) is 32.6 Å². The molecule has 0 unspecified atom stereocenters. The van der Waals surface area contributed by atoms with Crippen molar-refractivity contribution in [3.05, 3.63) is 12.7 Å². The highest BCUT2D eigenvalue weighted by Gasteiger charge is 2.42. The Bertz CT molecular complexity index is 278. The molecule has 0 spiro atoms. The third-order valence-corrected chi connectivity index (χ3v) is 2.57. The van der Waals surface area contributed by atoms with Crippen molar-refractivity contribution < 1.29 is 21.8 Å². The summed E-state index contributed by atoms with van der Waals surface area (Å²) in [5.74, 6) is 0. The molecule has 16 heavy (non-hydrogen) atoms. The second-order valence-electron chi connectivity index (χ2n) is 3.09. The molecule has 0 aromatic carbocycles. The minimum absolute atomic E-state index is 0.100. The highest BCUT2D eigenvalue weighted by Crippen LogP contribution is 2.26. The van der Waals surface area contributed by atoms with Gasteiger partial charge in [0.05, 0.1) is 0 Å². The zero-order valence-electron chi connectivity index (χ0n) is 9.33. The highest BCUT2D eigenvalue weighted by atomic mass is 32.2. The van der Waals surface area contributed by atoms with Crippen LogP contribution in [-0.4, -0.2) is 24.8 Å². The number of halogens is 2. The Kier molecular flexibility index (Phi) is 9.60. The lowest BCUT2D eigenvalue weighted by Crippen LogP contribution is -2.27. The molecule has 7 heteroatoms. The number of alkyl halides is 2. The second-order valence-corrected chi connectivity index (χ2v) is 4.64. The van der Waals surface area contributed by atoms with E-state index in [4.69, 9.17) is 10.3 Å². The van der Waals surface area contributed by atoms with E-state index in [9.17, 15) is 17.2 Å². The molecule has 0 fully saturated rings. The fraction of sp³-hybridized carbons (Fsp3) is 0.778. The smallest absolute Gasteiger partial charge is 0.327 e. The molecule has 98 valence electrons. The first-order valence-corrected chi connectivity index (χ1v) is 6.32. The van der Waals surface area contributed by atoms with Gasteiger partial charge in [0.1, 0.15) is 0 Å². The molecule has 0 aromatic heterocycles. The van der Waals surface area contributed by atoms with Crippen molar-refractivity contribution in [2.45, 2.75) is 37.9 Å². The summed E-state index contributed by atoms with van der Waals surface area (Å²) in [5.41, 5.74) is 4.91. The van der Waals surface area contributed by atoms with Crippen LogP contribution >= 0.6 is 0 Å². The number of unbranched alkanes of at least 4 members (excludes halogenated alkanes) is 2. The van der Waals surface area contributed by atoms with Crippen molar-refractivity contribution in [3.8, 4) is 0 Å². The van der Waals surface area contributed by atoms with Crippen LogP contribution in [0.3, 0.4) is 0 Å². The first kappa shape index (κ1) is 17.9. The monoisotopic (exact) mass is 259 g/mol. The molecular weight excluding hydrogens is 240 g/mol. The highest BCUT2D eigenvalue weighted by molar-refractivity contribution is 7.86. The molecule has 3 N–H and O–H groups in total. The average molecular weight is 259 g/mol. The molecule has 0 radical (unpaired) electrons. The predicted molar refractivity (Wildman–Crippen MR) is 59.9 cm³/mol. The van der Waals surface area contributed by atoms with E-state index in [0.717, 1.165) is 6.42 Å². The first-order chi connectivity index (χ1) is 7.22. The topological polar surface area (TPSA) is 80.4 Å². The Morgan fingerprint density at radius 2 is 1.88 bits per heavy atom. The maximum absolute atomic E-state index is 12.4. The molecule has 0 aliphatic heterocycles. The van der Waals surface area contributed by atoms with Crippen LogP contribution in [0.2, 0.25) is 0 Å². The Morgan fingerprint density at radius 3 is 2.12 bits per heavy atom. The minimum Gasteiger partial charge on any atom is -0.327 e. The fourth-order valence-electron chi connectivity index (χ4n) is 0.710. The Labute approximate surface area is 95.3 Å². The van der Waals surface area contributed by atoms with E-state index in [0.29, 0.717) is 13.0 Å². The summed E-state index contributed by atoms with van der Waals surface area (Å²) in [6.07, 6.45) is 2.20. The van der Waals surface area contributed by atoms with E-state index in [2.05, 4.69) is 6.58 Å². The molecule has 0 bridgehead atoms. The lowest BCUT2D eigenvalue weighted by atomic mass is 10.2. The molecule has 0 heterocycles. The molecular formula is C9H19F2NO3S. The predicted octanol–water partition coefficient (Wildman–Crippen LogP) is 2.18. The summed E-state index contributed by atoms with van der Waals surface area (Å²) >= 11 is 0. The summed E-state index contributed by atoms with van der Waals surface area (Å²) in [6, 6.07) is 0. The van der Waals surface area contributed by atoms with Gasteiger partial charge in [0, 0.05) is 13.0 Å². The molecule has 0 aliphatic rings. The Balaban J connectivity index is 0. The van der Waals surface area contributed by atoms with E-state index in [1.165, 1.54) is 0 Å². The summed E-state index contributed by atoms with van der Waals surface area (Å²) in [6.45, 7) is 5.75. The van der Waals surface area contributed by atoms with Gasteiger partial charge in [-0.2, -0.15) is 17.2 Å². The van der Waals surface area contributed by atoms with Crippen LogP contribution in [-0.2, 0) is 10.1 Å². The van der Waals surface area contributed by atoms with Crippen molar-refractivity contribution in [1.29, 1.82) is 0 Å². The number of rotatable bonds is 6. The van der Waals surface area contributed by atoms with Crippen molar-refractivity contribution in [2.24, 2.45) is 5.73 Å². The molecule has 0 aliphatic carbocycles. The number of nitrogens with two attached hydrogens (primary N) is 1. The standard InChI is InChI=1S/C6H12F2O3S.C3H7N/c1-2-3-4-5-6(7,8)12(9,10)11;1-2-3-4/h2-5H2,1H3,(H,9,10,11);2H,1,3-4H2. The summed E-state index contributed by atoms with van der Waals surface area (Å²) in [5, 5.41) is -3.98. The van der Waals surface area contributed by atoms with E-state index in [-0.39, 0.29) is 6.42 Å². The van der Waals surface area contributed by atoms with Crippen LogP contribution in [0, 0.1) is 0 Å². The van der Waals surface area contributed by atoms with Gasteiger partial charge in [-0.05, 0) is 6.42 Å². The maximum atomic E-state index is 12.4. The van der Waals surface area contributed by atoms with Gasteiger partial charge in [-0.3, -0.25) is 4.55 Å². The van der Waals surface area contributed by atoms with Gasteiger partial charge in [-0.15, -0.1) is 6.58 Å². The third-order valence-electron chi connectivity index (χ3n) is 1.62. The van der Waals surface area contributed by atoms with Gasteiger partial charge in [0.2, 0.25) is 0 Å².